The highest BCUT2D eigenvalue weighted by Gasteiger charge is 2.35. The Morgan fingerprint density at radius 2 is 1.83 bits per heavy atom. The van der Waals surface area contributed by atoms with Crippen LogP contribution in [0.4, 0.5) is 0 Å². The lowest BCUT2D eigenvalue weighted by Gasteiger charge is -2.37. The third kappa shape index (κ3) is 3.45. The summed E-state index contributed by atoms with van der Waals surface area (Å²) in [6.07, 6.45) is 7.41. The van der Waals surface area contributed by atoms with E-state index in [1.807, 2.05) is 12.1 Å². The van der Waals surface area contributed by atoms with Crippen LogP contribution >= 0.6 is 11.3 Å². The number of fused-ring (bicyclic) bond motifs is 1. The summed E-state index contributed by atoms with van der Waals surface area (Å²) < 4.78 is 18.4. The summed E-state index contributed by atoms with van der Waals surface area (Å²) in [4.78, 5) is 8.05. The maximum atomic E-state index is 11.0. The number of nitrogens with zero attached hydrogens (tertiary/aromatic N) is 4. The Hall–Kier alpha value is -2.52. The molecule has 0 bridgehead atoms. The van der Waals surface area contributed by atoms with Gasteiger partial charge in [0.1, 0.15) is 6.33 Å². The molecule has 1 saturated carbocycles. The minimum Gasteiger partial charge on any atom is -0.493 e. The Morgan fingerprint density at radius 3 is 2.47 bits per heavy atom. The molecule has 9 heteroatoms. The van der Waals surface area contributed by atoms with E-state index in [0.717, 1.165) is 23.3 Å². The van der Waals surface area contributed by atoms with Gasteiger partial charge in [-0.1, -0.05) is 30.6 Å². The van der Waals surface area contributed by atoms with Gasteiger partial charge in [-0.3, -0.25) is 4.90 Å². The lowest BCUT2D eigenvalue weighted by molar-refractivity contribution is 0.154. The molecule has 1 fully saturated rings. The molecular weight excluding hydrogens is 404 g/mol. The Balaban J connectivity index is 1.89. The monoisotopic (exact) mass is 432 g/mol. The van der Waals surface area contributed by atoms with Crippen LogP contribution in [-0.2, 0) is 0 Å². The molecule has 1 aliphatic rings. The van der Waals surface area contributed by atoms with E-state index in [1.54, 1.807) is 21.3 Å². The zero-order chi connectivity index (χ0) is 21.3. The zero-order valence-electron chi connectivity index (χ0n) is 17.8. The second-order valence-electron chi connectivity index (χ2n) is 7.53. The molecule has 1 N–H and O–H groups in total. The minimum atomic E-state index is -0.239. The molecule has 1 aromatic carbocycles. The Kier molecular flexibility index (Phi) is 6.01. The maximum absolute atomic E-state index is 11.0. The van der Waals surface area contributed by atoms with Gasteiger partial charge in [-0.2, -0.15) is 9.61 Å². The van der Waals surface area contributed by atoms with Gasteiger partial charge in [0.2, 0.25) is 16.6 Å². The van der Waals surface area contributed by atoms with Crippen molar-refractivity contribution in [1.82, 2.24) is 19.5 Å². The number of ether oxygens (including phenoxy) is 3. The summed E-state index contributed by atoms with van der Waals surface area (Å²) in [5, 5.41) is 15.2. The molecule has 1 atom stereocenters. The van der Waals surface area contributed by atoms with Crippen LogP contribution in [-0.4, -0.2) is 59.0 Å². The van der Waals surface area contributed by atoms with Crippen LogP contribution in [0.5, 0.6) is 23.1 Å². The van der Waals surface area contributed by atoms with Gasteiger partial charge >= 0.3 is 0 Å². The zero-order valence-corrected chi connectivity index (χ0v) is 18.6. The van der Waals surface area contributed by atoms with E-state index in [4.69, 9.17) is 14.2 Å². The summed E-state index contributed by atoms with van der Waals surface area (Å²) in [7, 11) is 6.95. The molecule has 0 spiro atoms. The molecule has 162 valence electrons. The summed E-state index contributed by atoms with van der Waals surface area (Å²) in [5.74, 6) is 1.85. The number of methoxy groups -OCH3 is 3. The van der Waals surface area contributed by atoms with Crippen molar-refractivity contribution < 1.29 is 19.3 Å². The average molecular weight is 433 g/mol. The highest BCUT2D eigenvalue weighted by Crippen LogP contribution is 2.49. The predicted molar refractivity (Wildman–Crippen MR) is 115 cm³/mol. The third-order valence-electron chi connectivity index (χ3n) is 5.97. The highest BCUT2D eigenvalue weighted by atomic mass is 32.1. The molecule has 0 radical (unpaired) electrons. The van der Waals surface area contributed by atoms with Crippen LogP contribution in [0.25, 0.3) is 4.96 Å². The van der Waals surface area contributed by atoms with Gasteiger partial charge in [-0.25, -0.2) is 4.98 Å². The fourth-order valence-corrected chi connectivity index (χ4v) is 5.56. The molecule has 3 aromatic rings. The first-order valence-electron chi connectivity index (χ1n) is 10.1. The van der Waals surface area contributed by atoms with Gasteiger partial charge in [0.15, 0.2) is 11.5 Å². The molecule has 0 aliphatic heterocycles. The number of aromatic nitrogens is 3. The normalized spacial score (nSPS) is 16.2. The SMILES string of the molecule is COc1ccc([C@H](c2sc3ncnn3c2O)N(C)C2CCCCC2)c(OC)c1OC. The van der Waals surface area contributed by atoms with Crippen LogP contribution < -0.4 is 14.2 Å². The quantitative estimate of drug-likeness (QED) is 0.607. The predicted octanol–water partition coefficient (Wildman–Crippen LogP) is 3.88. The van der Waals surface area contributed by atoms with Gasteiger partial charge in [-0.15, -0.1) is 0 Å². The molecule has 0 saturated heterocycles. The third-order valence-corrected chi connectivity index (χ3v) is 7.06. The standard InChI is InChI=1S/C21H28N4O4S/c1-24(13-8-6-5-7-9-13)16(19-20(26)25-21(30-19)22-12-23-25)14-10-11-15(27-2)18(29-4)17(14)28-3/h10-13,16,26H,5-9H2,1-4H3/t16-/m1/s1. The van der Waals surface area contributed by atoms with E-state index >= 15 is 0 Å². The van der Waals surface area contributed by atoms with E-state index in [2.05, 4.69) is 22.0 Å². The fourth-order valence-electron chi connectivity index (χ4n) is 4.46. The van der Waals surface area contributed by atoms with Crippen LogP contribution in [0.1, 0.15) is 48.6 Å². The summed E-state index contributed by atoms with van der Waals surface area (Å²) in [6, 6.07) is 4.03. The average Bonchev–Trinajstić information content (AvgIpc) is 3.37. The van der Waals surface area contributed by atoms with Gasteiger partial charge in [0, 0.05) is 11.6 Å². The lowest BCUT2D eigenvalue weighted by atomic mass is 9.91. The number of benzene rings is 1. The van der Waals surface area contributed by atoms with Crippen LogP contribution in [0, 0.1) is 0 Å². The molecule has 2 aromatic heterocycles. The first kappa shape index (κ1) is 20.7. The second-order valence-corrected chi connectivity index (χ2v) is 8.54. The topological polar surface area (TPSA) is 81.4 Å². The molecular formula is C21H28N4O4S. The summed E-state index contributed by atoms with van der Waals surface area (Å²) in [5.41, 5.74) is 0.906. The van der Waals surface area contributed by atoms with E-state index < -0.39 is 0 Å². The molecule has 2 heterocycles. The van der Waals surface area contributed by atoms with Gasteiger partial charge in [-0.05, 0) is 32.0 Å². The highest BCUT2D eigenvalue weighted by molar-refractivity contribution is 7.17. The van der Waals surface area contributed by atoms with E-state index in [9.17, 15) is 5.11 Å². The number of thiazole rings is 1. The van der Waals surface area contributed by atoms with Crippen molar-refractivity contribution in [3.63, 3.8) is 0 Å². The van der Waals surface area contributed by atoms with Crippen molar-refractivity contribution in [2.24, 2.45) is 0 Å². The van der Waals surface area contributed by atoms with Gasteiger partial charge in [0.05, 0.1) is 32.2 Å². The Morgan fingerprint density at radius 1 is 1.10 bits per heavy atom. The summed E-state index contributed by atoms with van der Waals surface area (Å²) in [6.45, 7) is 0. The van der Waals surface area contributed by atoms with E-state index in [0.29, 0.717) is 28.3 Å². The molecule has 0 unspecified atom stereocenters. The maximum Gasteiger partial charge on any atom is 0.230 e. The second kappa shape index (κ2) is 8.69. The molecule has 0 amide bonds. The fraction of sp³-hybridized carbons (Fsp3) is 0.524. The molecule has 30 heavy (non-hydrogen) atoms. The molecule has 1 aliphatic carbocycles. The lowest BCUT2D eigenvalue weighted by Crippen LogP contribution is -2.37. The van der Waals surface area contributed by atoms with Crippen molar-refractivity contribution >= 4 is 16.3 Å². The summed E-state index contributed by atoms with van der Waals surface area (Å²) >= 11 is 1.44. The first-order valence-corrected chi connectivity index (χ1v) is 10.9. The van der Waals surface area contributed by atoms with Crippen LogP contribution in [0.15, 0.2) is 18.5 Å². The number of aromatic hydroxyl groups is 1. The Labute approximate surface area is 180 Å². The van der Waals surface area contributed by atoms with Crippen LogP contribution in [0.3, 0.4) is 0 Å². The minimum absolute atomic E-state index is 0.108. The number of hydrogen-bond donors (Lipinski definition) is 1. The number of hydrogen-bond acceptors (Lipinski definition) is 8. The molecule has 8 nitrogen and oxygen atoms in total. The van der Waals surface area contributed by atoms with E-state index in [1.165, 1.54) is 41.4 Å². The largest absolute Gasteiger partial charge is 0.493 e. The number of rotatable bonds is 7. The van der Waals surface area contributed by atoms with Gasteiger partial charge < -0.3 is 19.3 Å². The van der Waals surface area contributed by atoms with Crippen molar-refractivity contribution in [3.8, 4) is 23.1 Å². The van der Waals surface area contributed by atoms with Crippen molar-refractivity contribution in [2.75, 3.05) is 28.4 Å². The van der Waals surface area contributed by atoms with Gasteiger partial charge in [0.25, 0.3) is 0 Å². The Bertz CT molecular complexity index is 1010. The molecule has 4 rings (SSSR count). The first-order chi connectivity index (χ1) is 14.6. The van der Waals surface area contributed by atoms with E-state index in [-0.39, 0.29) is 11.9 Å². The van der Waals surface area contributed by atoms with Crippen molar-refractivity contribution in [1.29, 1.82) is 0 Å². The van der Waals surface area contributed by atoms with Crippen molar-refractivity contribution in [3.05, 3.63) is 28.9 Å². The van der Waals surface area contributed by atoms with Crippen molar-refractivity contribution in [2.45, 2.75) is 44.2 Å². The van der Waals surface area contributed by atoms with Crippen LogP contribution in [0.2, 0.25) is 0 Å². The smallest absolute Gasteiger partial charge is 0.230 e.